The summed E-state index contributed by atoms with van der Waals surface area (Å²) in [5.41, 5.74) is -2.78. The van der Waals surface area contributed by atoms with Gasteiger partial charge in [0.05, 0.1) is 12.8 Å². The average molecular weight is 346 g/mol. The fourth-order valence-corrected chi connectivity index (χ4v) is 2.23. The summed E-state index contributed by atoms with van der Waals surface area (Å²) >= 11 is 0. The van der Waals surface area contributed by atoms with Gasteiger partial charge in [-0.2, -0.15) is 4.39 Å². The van der Waals surface area contributed by atoms with Gasteiger partial charge in [0.25, 0.3) is 5.56 Å². The Morgan fingerprint density at radius 1 is 1.50 bits per heavy atom. The zero-order chi connectivity index (χ0) is 18.1. The van der Waals surface area contributed by atoms with Crippen LogP contribution in [0.25, 0.3) is 0 Å². The highest BCUT2D eigenvalue weighted by Crippen LogP contribution is 2.30. The number of nitrogens with one attached hydrogen (secondary N) is 1. The fraction of sp³-hybridized carbons (Fsp3) is 0.643. The first kappa shape index (κ1) is 18.1. The average Bonchev–Trinajstić information content (AvgIpc) is 2.83. The van der Waals surface area contributed by atoms with Gasteiger partial charge >= 0.3 is 11.8 Å². The highest BCUT2D eigenvalue weighted by molar-refractivity contribution is 5.60. The van der Waals surface area contributed by atoms with Gasteiger partial charge in [-0.1, -0.05) is 0 Å². The molecular formula is C14H19FN2O7. The van der Waals surface area contributed by atoms with Gasteiger partial charge in [-0.25, -0.2) is 9.59 Å². The van der Waals surface area contributed by atoms with Gasteiger partial charge in [-0.3, -0.25) is 14.3 Å². The maximum atomic E-state index is 13.4. The molecule has 1 aromatic heterocycles. The fourth-order valence-electron chi connectivity index (χ4n) is 2.23. The third-order valence-electron chi connectivity index (χ3n) is 3.23. The molecule has 0 radical (unpaired) electrons. The molecule has 10 heteroatoms. The zero-order valence-corrected chi connectivity index (χ0v) is 13.4. The molecule has 0 aromatic carbocycles. The van der Waals surface area contributed by atoms with Crippen LogP contribution in [0.3, 0.4) is 0 Å². The number of rotatable bonds is 3. The number of aliphatic hydroxyl groups excluding tert-OH is 1. The van der Waals surface area contributed by atoms with E-state index in [1.165, 1.54) is 0 Å². The summed E-state index contributed by atoms with van der Waals surface area (Å²) in [5.74, 6) is -1.16. The number of carbonyl (C=O) groups excluding carboxylic acids is 1. The maximum Gasteiger partial charge on any atom is 0.509 e. The molecule has 0 bridgehead atoms. The summed E-state index contributed by atoms with van der Waals surface area (Å²) < 4.78 is 29.7. The van der Waals surface area contributed by atoms with Crippen molar-refractivity contribution in [1.29, 1.82) is 0 Å². The molecule has 1 fully saturated rings. The van der Waals surface area contributed by atoms with Crippen LogP contribution in [0.15, 0.2) is 15.8 Å². The lowest BCUT2D eigenvalue weighted by atomic mass is 10.2. The summed E-state index contributed by atoms with van der Waals surface area (Å²) in [6.07, 6.45) is -3.07. The third kappa shape index (κ3) is 4.20. The lowest BCUT2D eigenvalue weighted by molar-refractivity contribution is -0.0690. The predicted octanol–water partition coefficient (Wildman–Crippen LogP) is 0.276. The van der Waals surface area contributed by atoms with Crippen molar-refractivity contribution < 1.29 is 28.5 Å². The Morgan fingerprint density at radius 2 is 2.17 bits per heavy atom. The summed E-state index contributed by atoms with van der Waals surface area (Å²) in [6.45, 7) is 4.50. The minimum absolute atomic E-state index is 0.0180. The lowest BCUT2D eigenvalue weighted by Crippen LogP contribution is -2.34. The second kappa shape index (κ2) is 6.73. The molecule has 24 heavy (non-hydrogen) atoms. The first-order valence-electron chi connectivity index (χ1n) is 7.27. The first-order chi connectivity index (χ1) is 11.1. The molecule has 0 aliphatic carbocycles. The normalized spacial score (nSPS) is 24.0. The molecule has 0 amide bonds. The van der Waals surface area contributed by atoms with Crippen molar-refractivity contribution >= 4 is 6.16 Å². The molecule has 2 N–H and O–H groups in total. The summed E-state index contributed by atoms with van der Waals surface area (Å²) in [6, 6.07) is 0. The number of aromatic nitrogens is 2. The van der Waals surface area contributed by atoms with Crippen LogP contribution in [0.2, 0.25) is 0 Å². The molecular weight excluding hydrogens is 327 g/mol. The van der Waals surface area contributed by atoms with E-state index in [1.54, 1.807) is 25.8 Å². The van der Waals surface area contributed by atoms with Gasteiger partial charge in [-0.05, 0) is 20.8 Å². The van der Waals surface area contributed by atoms with Crippen molar-refractivity contribution in [3.8, 4) is 0 Å². The molecule has 1 unspecified atom stereocenters. The Balaban J connectivity index is 2.15. The number of hydrogen-bond acceptors (Lipinski definition) is 7. The lowest BCUT2D eigenvalue weighted by Gasteiger charge is -2.22. The van der Waals surface area contributed by atoms with Gasteiger partial charge in [0.15, 0.2) is 0 Å². The Hall–Kier alpha value is -2.20. The highest BCUT2D eigenvalue weighted by atomic mass is 19.1. The molecule has 3 atom stereocenters. The van der Waals surface area contributed by atoms with Crippen molar-refractivity contribution in [2.45, 2.75) is 51.2 Å². The van der Waals surface area contributed by atoms with Crippen LogP contribution in [-0.2, 0) is 14.2 Å². The molecule has 2 rings (SSSR count). The van der Waals surface area contributed by atoms with Crippen molar-refractivity contribution in [3.63, 3.8) is 0 Å². The predicted molar refractivity (Wildman–Crippen MR) is 78.0 cm³/mol. The van der Waals surface area contributed by atoms with Crippen LogP contribution in [0.4, 0.5) is 9.18 Å². The third-order valence-corrected chi connectivity index (χ3v) is 3.23. The number of nitrogens with zero attached hydrogens (tertiary/aromatic N) is 1. The van der Waals surface area contributed by atoms with Crippen LogP contribution in [0.1, 0.15) is 33.4 Å². The molecule has 1 saturated heterocycles. The number of carbonyl (C=O) groups is 1. The molecule has 2 heterocycles. The standard InChI is InChI=1S/C14H19FN2O7/c1-14(2,3)24-13(21)23-8-4-10(22-9(8)6-18)17-5-7(15)11(19)16-12(17)20/h5,8-10,18H,4,6H2,1-3H3,(H,16,19,20)/t8-,9+,10?/m0/s1. The monoisotopic (exact) mass is 346 g/mol. The Labute approximate surface area is 136 Å². The summed E-state index contributed by atoms with van der Waals surface area (Å²) in [4.78, 5) is 36.3. The second-order valence-corrected chi connectivity index (χ2v) is 6.31. The van der Waals surface area contributed by atoms with E-state index in [0.717, 1.165) is 4.57 Å². The van der Waals surface area contributed by atoms with Crippen LogP contribution in [0.5, 0.6) is 0 Å². The quantitative estimate of drug-likeness (QED) is 0.754. The number of H-pyrrole nitrogens is 1. The van der Waals surface area contributed by atoms with Gasteiger partial charge < -0.3 is 19.3 Å². The molecule has 1 aliphatic heterocycles. The van der Waals surface area contributed by atoms with E-state index < -0.39 is 53.9 Å². The molecule has 1 aliphatic rings. The Bertz CT molecular complexity index is 721. The SMILES string of the molecule is CC(C)(C)OC(=O)O[C@H]1CC(n2cc(F)c(=O)[nH]c2=O)O[C@@H]1CO. The highest BCUT2D eigenvalue weighted by Gasteiger charge is 2.40. The van der Waals surface area contributed by atoms with Gasteiger partial charge in [0, 0.05) is 6.42 Å². The first-order valence-corrected chi connectivity index (χ1v) is 7.27. The van der Waals surface area contributed by atoms with E-state index in [4.69, 9.17) is 14.2 Å². The largest absolute Gasteiger partial charge is 0.509 e. The molecule has 134 valence electrons. The minimum Gasteiger partial charge on any atom is -0.429 e. The van der Waals surface area contributed by atoms with Crippen molar-refractivity contribution in [2.75, 3.05) is 6.61 Å². The number of ether oxygens (including phenoxy) is 3. The summed E-state index contributed by atoms with van der Waals surface area (Å²) in [5, 5.41) is 9.34. The number of halogens is 1. The Morgan fingerprint density at radius 3 is 2.75 bits per heavy atom. The van der Waals surface area contributed by atoms with Crippen molar-refractivity contribution in [2.24, 2.45) is 0 Å². The Kier molecular flexibility index (Phi) is 5.09. The van der Waals surface area contributed by atoms with Crippen LogP contribution in [0, 0.1) is 5.82 Å². The smallest absolute Gasteiger partial charge is 0.429 e. The van der Waals surface area contributed by atoms with Crippen LogP contribution < -0.4 is 11.2 Å². The minimum atomic E-state index is -1.16. The van der Waals surface area contributed by atoms with Crippen LogP contribution >= 0.6 is 0 Å². The number of aromatic amines is 1. The summed E-state index contributed by atoms with van der Waals surface area (Å²) in [7, 11) is 0. The van der Waals surface area contributed by atoms with Crippen molar-refractivity contribution in [3.05, 3.63) is 32.9 Å². The van der Waals surface area contributed by atoms with E-state index in [0.29, 0.717) is 6.20 Å². The molecule has 9 nitrogen and oxygen atoms in total. The molecule has 0 spiro atoms. The maximum absolute atomic E-state index is 13.4. The van der Waals surface area contributed by atoms with E-state index >= 15 is 0 Å². The molecule has 0 saturated carbocycles. The van der Waals surface area contributed by atoms with Gasteiger partial charge in [0.2, 0.25) is 5.82 Å². The van der Waals surface area contributed by atoms with Gasteiger partial charge in [0.1, 0.15) is 24.0 Å². The van der Waals surface area contributed by atoms with E-state index in [2.05, 4.69) is 0 Å². The van der Waals surface area contributed by atoms with Gasteiger partial charge in [-0.15, -0.1) is 0 Å². The van der Waals surface area contributed by atoms with E-state index in [-0.39, 0.29) is 6.42 Å². The van der Waals surface area contributed by atoms with E-state index in [9.17, 15) is 23.9 Å². The van der Waals surface area contributed by atoms with Crippen molar-refractivity contribution in [1.82, 2.24) is 9.55 Å². The number of aliphatic hydroxyl groups is 1. The second-order valence-electron chi connectivity index (χ2n) is 6.31. The van der Waals surface area contributed by atoms with E-state index in [1.807, 2.05) is 0 Å². The topological polar surface area (TPSA) is 120 Å². The van der Waals surface area contributed by atoms with Crippen LogP contribution in [-0.4, -0.2) is 45.2 Å². The molecule has 1 aromatic rings. The number of hydrogen-bond donors (Lipinski definition) is 2. The zero-order valence-electron chi connectivity index (χ0n) is 13.4.